The van der Waals surface area contributed by atoms with E-state index in [1.54, 1.807) is 0 Å². The third kappa shape index (κ3) is 2.90. The van der Waals surface area contributed by atoms with Crippen molar-refractivity contribution in [2.45, 2.75) is 38.3 Å². The number of imidazole rings is 1. The van der Waals surface area contributed by atoms with E-state index in [2.05, 4.69) is 30.1 Å². The molecule has 2 aromatic rings. The largest absolute Gasteiger partial charge is 0.340 e. The van der Waals surface area contributed by atoms with Crippen LogP contribution in [0, 0.1) is 0 Å². The molecule has 0 saturated carbocycles. The number of amides is 1. The highest BCUT2D eigenvalue weighted by atomic mass is 79.9. The summed E-state index contributed by atoms with van der Waals surface area (Å²) in [7, 11) is 0. The van der Waals surface area contributed by atoms with Gasteiger partial charge in [0.2, 0.25) is 5.91 Å². The summed E-state index contributed by atoms with van der Waals surface area (Å²) >= 11 is 3.67. The van der Waals surface area contributed by atoms with E-state index in [-0.39, 0.29) is 0 Å². The normalized spacial score (nSPS) is 20.7. The molecule has 0 N–H and O–H groups in total. The Morgan fingerprint density at radius 1 is 1.22 bits per heavy atom. The van der Waals surface area contributed by atoms with Crippen LogP contribution in [-0.2, 0) is 11.3 Å². The quantitative estimate of drug-likeness (QED) is 0.826. The van der Waals surface area contributed by atoms with Crippen LogP contribution < -0.4 is 0 Å². The molecular formula is C17H21BrN4O. The number of carbonyl (C=O) groups excluding carboxylic acids is 1. The lowest BCUT2D eigenvalue weighted by molar-refractivity contribution is -0.130. The Balaban J connectivity index is 1.40. The first kappa shape index (κ1) is 15.1. The van der Waals surface area contributed by atoms with E-state index < -0.39 is 0 Å². The smallest absolute Gasteiger partial charge is 0.222 e. The number of rotatable bonds is 3. The topological polar surface area (TPSA) is 40.9 Å². The average molecular weight is 377 g/mol. The van der Waals surface area contributed by atoms with E-state index in [4.69, 9.17) is 4.98 Å². The van der Waals surface area contributed by atoms with Gasteiger partial charge in [0.15, 0.2) is 0 Å². The molecular weight excluding hydrogens is 356 g/mol. The van der Waals surface area contributed by atoms with Gasteiger partial charge in [0.25, 0.3) is 0 Å². The molecule has 5 nitrogen and oxygen atoms in total. The molecule has 0 bridgehead atoms. The number of pyridine rings is 1. The van der Waals surface area contributed by atoms with Crippen LogP contribution in [0.2, 0.25) is 0 Å². The van der Waals surface area contributed by atoms with Gasteiger partial charge >= 0.3 is 0 Å². The minimum Gasteiger partial charge on any atom is -0.340 e. The monoisotopic (exact) mass is 376 g/mol. The Kier molecular flexibility index (Phi) is 4.11. The predicted octanol–water partition coefficient (Wildman–Crippen LogP) is 2.68. The Morgan fingerprint density at radius 3 is 2.74 bits per heavy atom. The highest BCUT2D eigenvalue weighted by Crippen LogP contribution is 2.25. The van der Waals surface area contributed by atoms with Gasteiger partial charge in [-0.2, -0.15) is 0 Å². The molecule has 4 heterocycles. The van der Waals surface area contributed by atoms with Crippen LogP contribution >= 0.6 is 15.9 Å². The highest BCUT2D eigenvalue weighted by molar-refractivity contribution is 9.10. The third-order valence-corrected chi connectivity index (χ3v) is 5.86. The second kappa shape index (κ2) is 6.24. The average Bonchev–Trinajstić information content (AvgIpc) is 3.13. The molecule has 2 aliphatic heterocycles. The maximum atomic E-state index is 11.9. The van der Waals surface area contributed by atoms with Crippen molar-refractivity contribution >= 4 is 27.5 Å². The van der Waals surface area contributed by atoms with E-state index >= 15 is 0 Å². The maximum absolute atomic E-state index is 11.9. The fourth-order valence-electron chi connectivity index (χ4n) is 3.77. The lowest BCUT2D eigenvalue weighted by Crippen LogP contribution is -2.45. The molecule has 2 fully saturated rings. The maximum Gasteiger partial charge on any atom is 0.222 e. The molecule has 0 spiro atoms. The number of hydrogen-bond donors (Lipinski definition) is 0. The number of fused-ring (bicyclic) bond motifs is 1. The number of nitrogens with zero attached hydrogens (tertiary/aromatic N) is 4. The van der Waals surface area contributed by atoms with Gasteiger partial charge in [0.1, 0.15) is 10.3 Å². The predicted molar refractivity (Wildman–Crippen MR) is 92.1 cm³/mol. The van der Waals surface area contributed by atoms with Gasteiger partial charge in [-0.3, -0.25) is 14.1 Å². The molecule has 23 heavy (non-hydrogen) atoms. The van der Waals surface area contributed by atoms with Crippen molar-refractivity contribution in [1.82, 2.24) is 19.2 Å². The number of aromatic nitrogens is 2. The van der Waals surface area contributed by atoms with Gasteiger partial charge in [0, 0.05) is 44.8 Å². The summed E-state index contributed by atoms with van der Waals surface area (Å²) in [5.74, 6) is 0.353. The molecule has 2 aromatic heterocycles. The van der Waals surface area contributed by atoms with Crippen LogP contribution in [0.15, 0.2) is 29.0 Å². The van der Waals surface area contributed by atoms with Crippen molar-refractivity contribution in [3.8, 4) is 0 Å². The molecule has 0 unspecified atom stereocenters. The Morgan fingerprint density at radius 2 is 2.04 bits per heavy atom. The van der Waals surface area contributed by atoms with Crippen LogP contribution in [-0.4, -0.2) is 50.8 Å². The zero-order chi connectivity index (χ0) is 15.8. The fraction of sp³-hybridized carbons (Fsp3) is 0.529. The summed E-state index contributed by atoms with van der Waals surface area (Å²) < 4.78 is 3.12. The summed E-state index contributed by atoms with van der Waals surface area (Å²) in [6.07, 6.45) is 5.97. The summed E-state index contributed by atoms with van der Waals surface area (Å²) in [5, 5.41) is 0. The van der Waals surface area contributed by atoms with Crippen LogP contribution in [0.3, 0.4) is 0 Å². The summed E-state index contributed by atoms with van der Waals surface area (Å²) in [5.41, 5.74) is 2.07. The molecule has 0 aliphatic carbocycles. The first-order valence-electron chi connectivity index (χ1n) is 8.35. The van der Waals surface area contributed by atoms with Gasteiger partial charge in [-0.25, -0.2) is 4.98 Å². The zero-order valence-corrected chi connectivity index (χ0v) is 14.7. The van der Waals surface area contributed by atoms with Crippen molar-refractivity contribution in [1.29, 1.82) is 0 Å². The first-order valence-corrected chi connectivity index (χ1v) is 9.15. The van der Waals surface area contributed by atoms with Crippen LogP contribution in [0.1, 0.15) is 31.4 Å². The molecule has 0 radical (unpaired) electrons. The van der Waals surface area contributed by atoms with Crippen molar-refractivity contribution in [2.75, 3.05) is 19.6 Å². The third-order valence-electron chi connectivity index (χ3n) is 5.02. The first-order chi connectivity index (χ1) is 11.2. The molecule has 2 saturated heterocycles. The van der Waals surface area contributed by atoms with Crippen LogP contribution in [0.4, 0.5) is 0 Å². The summed E-state index contributed by atoms with van der Waals surface area (Å²) in [4.78, 5) is 21.2. The molecule has 0 aromatic carbocycles. The molecule has 1 amide bonds. The van der Waals surface area contributed by atoms with E-state index in [1.165, 1.54) is 0 Å². The number of piperidine rings is 1. The van der Waals surface area contributed by atoms with Gasteiger partial charge in [-0.1, -0.05) is 6.07 Å². The van der Waals surface area contributed by atoms with Gasteiger partial charge in [0.05, 0.1) is 5.69 Å². The number of carbonyl (C=O) groups is 1. The van der Waals surface area contributed by atoms with Gasteiger partial charge in [-0.15, -0.1) is 0 Å². The molecule has 4 rings (SSSR count). The molecule has 6 heteroatoms. The standard InChI is InChI=1S/C17H21BrN4O/c18-17-14(19-15-4-1-2-8-22(15)17)12-20-10-6-13(7-11-20)21-9-3-5-16(21)23/h1-2,4,8,13H,3,5-7,9-12H2. The Hall–Kier alpha value is -1.40. The van der Waals surface area contributed by atoms with E-state index in [0.717, 1.165) is 67.8 Å². The number of likely N-dealkylation sites (tertiary alicyclic amines) is 2. The van der Waals surface area contributed by atoms with Gasteiger partial charge in [-0.05, 0) is 47.3 Å². The number of halogens is 1. The minimum atomic E-state index is 0.353. The second-order valence-corrected chi connectivity index (χ2v) is 7.23. The molecule has 0 atom stereocenters. The highest BCUT2D eigenvalue weighted by Gasteiger charge is 2.30. The fourth-order valence-corrected chi connectivity index (χ4v) is 4.29. The SMILES string of the molecule is O=C1CCCN1C1CCN(Cc2nc3ccccn3c2Br)CC1. The summed E-state index contributed by atoms with van der Waals surface area (Å²) in [6, 6.07) is 6.50. The molecule has 122 valence electrons. The van der Waals surface area contributed by atoms with E-state index in [0.29, 0.717) is 11.9 Å². The molecule has 2 aliphatic rings. The zero-order valence-electron chi connectivity index (χ0n) is 13.1. The van der Waals surface area contributed by atoms with Crippen LogP contribution in [0.5, 0.6) is 0 Å². The lowest BCUT2D eigenvalue weighted by Gasteiger charge is -2.36. The van der Waals surface area contributed by atoms with Crippen molar-refractivity contribution in [2.24, 2.45) is 0 Å². The van der Waals surface area contributed by atoms with Crippen molar-refractivity contribution < 1.29 is 4.79 Å². The summed E-state index contributed by atoms with van der Waals surface area (Å²) in [6.45, 7) is 3.90. The lowest BCUT2D eigenvalue weighted by atomic mass is 10.0. The van der Waals surface area contributed by atoms with Crippen molar-refractivity contribution in [3.63, 3.8) is 0 Å². The Bertz CT molecular complexity index is 720. The second-order valence-electron chi connectivity index (χ2n) is 6.48. The van der Waals surface area contributed by atoms with Crippen molar-refractivity contribution in [3.05, 3.63) is 34.7 Å². The van der Waals surface area contributed by atoms with E-state index in [1.807, 2.05) is 24.4 Å². The Labute approximate surface area is 144 Å². The van der Waals surface area contributed by atoms with E-state index in [9.17, 15) is 4.79 Å². The van der Waals surface area contributed by atoms with Gasteiger partial charge < -0.3 is 4.90 Å². The van der Waals surface area contributed by atoms with Crippen LogP contribution in [0.25, 0.3) is 5.65 Å². The minimum absolute atomic E-state index is 0.353. The number of hydrogen-bond acceptors (Lipinski definition) is 3.